The maximum atomic E-state index is 13.3. The molecule has 0 heterocycles. The smallest absolute Gasteiger partial charge is 0.312 e. The number of urea groups is 1. The molecule has 39 heavy (non-hydrogen) atoms. The van der Waals surface area contributed by atoms with E-state index >= 15 is 0 Å². The molecule has 0 aromatic heterocycles. The maximum absolute atomic E-state index is 13.3. The lowest BCUT2D eigenvalue weighted by Gasteiger charge is -2.24. The third kappa shape index (κ3) is 13.9. The lowest BCUT2D eigenvalue weighted by atomic mass is 9.89. The zero-order valence-electron chi connectivity index (χ0n) is 24.2. The molecule has 0 aliphatic carbocycles. The van der Waals surface area contributed by atoms with Gasteiger partial charge in [0, 0.05) is 37.1 Å². The van der Waals surface area contributed by atoms with Gasteiger partial charge < -0.3 is 26.4 Å². The minimum Gasteiger partial charge on any atom is -0.377 e. The van der Waals surface area contributed by atoms with Gasteiger partial charge in [0.1, 0.15) is 5.78 Å². The summed E-state index contributed by atoms with van der Waals surface area (Å²) >= 11 is 0. The molecule has 10 nitrogen and oxygen atoms in total. The highest BCUT2D eigenvalue weighted by Gasteiger charge is 2.30. The van der Waals surface area contributed by atoms with Gasteiger partial charge in [0.15, 0.2) is 5.78 Å². The number of ether oxygens (including phenoxy) is 1. The Balaban J connectivity index is 2.90. The van der Waals surface area contributed by atoms with E-state index < -0.39 is 23.9 Å². The molecule has 0 saturated carbocycles. The van der Waals surface area contributed by atoms with Gasteiger partial charge in [0.2, 0.25) is 11.8 Å². The Kier molecular flexibility index (Phi) is 15.0. The van der Waals surface area contributed by atoms with Gasteiger partial charge in [0.25, 0.3) is 0 Å². The fourth-order valence-corrected chi connectivity index (χ4v) is 3.80. The molecule has 5 N–H and O–H groups in total. The van der Waals surface area contributed by atoms with Crippen LogP contribution in [0.15, 0.2) is 24.3 Å². The molecular weight excluding hydrogens is 500 g/mol. The molecule has 0 aliphatic heterocycles. The number of carbonyl (C=O) groups excluding carboxylic acids is 5. The van der Waals surface area contributed by atoms with Gasteiger partial charge in [-0.05, 0) is 42.4 Å². The second-order valence-electron chi connectivity index (χ2n) is 11.0. The standard InChI is InChI=1S/C29H46N4O6/c1-18(2)16-39-17-21-9-11-23(12-10-21)32-28(37)22(8-7-13-31-29(30)38)14-25(35)27(20(5)6)33-26(36)15-24(34)19(3)4/h9-12,18-20,22,27H,7-8,13-17H2,1-6H3,(H,32,37)(H,33,36)(H3,30,31,38)/t22-,27+/m0/s1. The number of rotatable bonds is 18. The van der Waals surface area contributed by atoms with Crippen LogP contribution in [-0.2, 0) is 30.5 Å². The van der Waals surface area contributed by atoms with Crippen LogP contribution in [0, 0.1) is 23.7 Å². The van der Waals surface area contributed by atoms with Crippen molar-refractivity contribution in [2.75, 3.05) is 18.5 Å². The van der Waals surface area contributed by atoms with Crippen molar-refractivity contribution in [3.8, 4) is 0 Å². The third-order valence-corrected chi connectivity index (χ3v) is 6.10. The van der Waals surface area contributed by atoms with E-state index in [4.69, 9.17) is 10.5 Å². The summed E-state index contributed by atoms with van der Waals surface area (Å²) in [6.45, 7) is 12.6. The molecule has 0 aliphatic rings. The molecular formula is C29H46N4O6. The Labute approximate surface area is 232 Å². The first-order chi connectivity index (χ1) is 18.3. The molecule has 0 spiro atoms. The summed E-state index contributed by atoms with van der Waals surface area (Å²) in [5, 5.41) is 8.04. The second-order valence-corrected chi connectivity index (χ2v) is 11.0. The van der Waals surface area contributed by atoms with Gasteiger partial charge in [0.05, 0.1) is 19.1 Å². The minimum atomic E-state index is -0.832. The summed E-state index contributed by atoms with van der Waals surface area (Å²) in [5.74, 6) is -2.13. The third-order valence-electron chi connectivity index (χ3n) is 6.10. The van der Waals surface area contributed by atoms with Crippen LogP contribution in [0.5, 0.6) is 0 Å². The van der Waals surface area contributed by atoms with E-state index in [1.54, 1.807) is 39.8 Å². The number of nitrogens with one attached hydrogen (secondary N) is 3. The highest BCUT2D eigenvalue weighted by atomic mass is 16.5. The van der Waals surface area contributed by atoms with Crippen molar-refractivity contribution in [3.63, 3.8) is 0 Å². The highest BCUT2D eigenvalue weighted by Crippen LogP contribution is 2.19. The maximum Gasteiger partial charge on any atom is 0.312 e. The van der Waals surface area contributed by atoms with E-state index in [1.165, 1.54) is 0 Å². The average molecular weight is 547 g/mol. The number of nitrogens with two attached hydrogens (primary N) is 1. The van der Waals surface area contributed by atoms with Crippen molar-refractivity contribution < 1.29 is 28.7 Å². The molecule has 2 atom stereocenters. The topological polar surface area (TPSA) is 157 Å². The summed E-state index contributed by atoms with van der Waals surface area (Å²) in [4.78, 5) is 61.9. The van der Waals surface area contributed by atoms with Gasteiger partial charge in [-0.25, -0.2) is 4.79 Å². The summed E-state index contributed by atoms with van der Waals surface area (Å²) in [6, 6.07) is 5.81. The van der Waals surface area contributed by atoms with Crippen LogP contribution in [-0.4, -0.2) is 48.6 Å². The van der Waals surface area contributed by atoms with Crippen LogP contribution in [0.25, 0.3) is 0 Å². The predicted molar refractivity (Wildman–Crippen MR) is 151 cm³/mol. The van der Waals surface area contributed by atoms with Crippen molar-refractivity contribution in [3.05, 3.63) is 29.8 Å². The minimum absolute atomic E-state index is 0.106. The first kappa shape index (κ1) is 33.8. The second kappa shape index (κ2) is 17.3. The van der Waals surface area contributed by atoms with E-state index in [9.17, 15) is 24.0 Å². The quantitative estimate of drug-likeness (QED) is 0.163. The lowest BCUT2D eigenvalue weighted by molar-refractivity contribution is -0.134. The Morgan fingerprint density at radius 1 is 0.923 bits per heavy atom. The van der Waals surface area contributed by atoms with E-state index in [0.29, 0.717) is 37.7 Å². The van der Waals surface area contributed by atoms with Crippen LogP contribution in [0.3, 0.4) is 0 Å². The Hall–Kier alpha value is -3.27. The Bertz CT molecular complexity index is 959. The van der Waals surface area contributed by atoms with Crippen molar-refractivity contribution in [2.24, 2.45) is 29.4 Å². The fourth-order valence-electron chi connectivity index (χ4n) is 3.80. The van der Waals surface area contributed by atoms with Crippen molar-refractivity contribution in [1.29, 1.82) is 0 Å². The average Bonchev–Trinajstić information content (AvgIpc) is 2.84. The number of anilines is 1. The number of hydrogen-bond acceptors (Lipinski definition) is 6. The van der Waals surface area contributed by atoms with Crippen LogP contribution in [0.4, 0.5) is 10.5 Å². The molecule has 1 aromatic carbocycles. The molecule has 1 aromatic rings. The summed E-state index contributed by atoms with van der Waals surface area (Å²) in [5.41, 5.74) is 6.69. The van der Waals surface area contributed by atoms with Crippen molar-refractivity contribution in [1.82, 2.24) is 10.6 Å². The van der Waals surface area contributed by atoms with Gasteiger partial charge >= 0.3 is 6.03 Å². The Morgan fingerprint density at radius 2 is 1.56 bits per heavy atom. The zero-order valence-corrected chi connectivity index (χ0v) is 24.2. The first-order valence-corrected chi connectivity index (χ1v) is 13.7. The highest BCUT2D eigenvalue weighted by molar-refractivity contribution is 6.01. The number of benzene rings is 1. The van der Waals surface area contributed by atoms with E-state index in [0.717, 1.165) is 5.56 Å². The largest absolute Gasteiger partial charge is 0.377 e. The van der Waals surface area contributed by atoms with Crippen molar-refractivity contribution >= 4 is 35.1 Å². The number of primary amides is 1. The number of hydrogen-bond donors (Lipinski definition) is 4. The molecule has 0 saturated heterocycles. The number of carbonyl (C=O) groups is 5. The predicted octanol–water partition coefficient (Wildman–Crippen LogP) is 3.58. The zero-order chi connectivity index (χ0) is 29.5. The van der Waals surface area contributed by atoms with Gasteiger partial charge in [-0.1, -0.05) is 53.7 Å². The first-order valence-electron chi connectivity index (χ1n) is 13.7. The Morgan fingerprint density at radius 3 is 2.10 bits per heavy atom. The van der Waals surface area contributed by atoms with Gasteiger partial charge in [-0.15, -0.1) is 0 Å². The molecule has 0 radical (unpaired) electrons. The summed E-state index contributed by atoms with van der Waals surface area (Å²) in [7, 11) is 0. The van der Waals surface area contributed by atoms with Crippen LogP contribution in [0.2, 0.25) is 0 Å². The molecule has 0 bridgehead atoms. The lowest BCUT2D eigenvalue weighted by Crippen LogP contribution is -2.46. The van der Waals surface area contributed by atoms with Crippen LogP contribution >= 0.6 is 0 Å². The number of amides is 4. The molecule has 218 valence electrons. The molecule has 1 rings (SSSR count). The van der Waals surface area contributed by atoms with Gasteiger partial charge in [-0.2, -0.15) is 0 Å². The molecule has 0 fully saturated rings. The van der Waals surface area contributed by atoms with Crippen LogP contribution in [0.1, 0.15) is 72.8 Å². The molecule has 4 amide bonds. The normalized spacial score (nSPS) is 12.7. The van der Waals surface area contributed by atoms with E-state index in [1.807, 2.05) is 12.1 Å². The SMILES string of the molecule is CC(C)COCc1ccc(NC(=O)[C@@H](CCCNC(N)=O)CC(=O)[C@H](NC(=O)CC(=O)C(C)C)C(C)C)cc1. The summed E-state index contributed by atoms with van der Waals surface area (Å²) < 4.78 is 5.65. The molecule has 0 unspecified atom stereocenters. The number of ketones is 2. The van der Waals surface area contributed by atoms with E-state index in [2.05, 4.69) is 29.8 Å². The summed E-state index contributed by atoms with van der Waals surface area (Å²) in [6.07, 6.45) is 0.353. The van der Waals surface area contributed by atoms with E-state index in [-0.39, 0.29) is 48.7 Å². The van der Waals surface area contributed by atoms with Crippen molar-refractivity contribution in [2.45, 2.75) is 79.9 Å². The number of Topliss-reactive ketones (excluding diaryl/α,β-unsaturated/α-hetero) is 2. The monoisotopic (exact) mass is 546 g/mol. The van der Waals surface area contributed by atoms with Crippen LogP contribution < -0.4 is 21.7 Å². The molecule has 10 heteroatoms. The fraction of sp³-hybridized carbons (Fsp3) is 0.621. The van der Waals surface area contributed by atoms with Gasteiger partial charge in [-0.3, -0.25) is 19.2 Å².